The number of halogens is 3. The first kappa shape index (κ1) is 21.7. The largest absolute Gasteiger partial charge is 0.467 e. The molecule has 12 heteroatoms. The zero-order valence-electron chi connectivity index (χ0n) is 16.6. The second-order valence-electron chi connectivity index (χ2n) is 7.14. The number of anilines is 2. The van der Waals surface area contributed by atoms with E-state index >= 15 is 0 Å². The van der Waals surface area contributed by atoms with Crippen LogP contribution < -0.4 is 20.7 Å². The summed E-state index contributed by atoms with van der Waals surface area (Å²) >= 11 is 0. The number of rotatable bonds is 7. The van der Waals surface area contributed by atoms with Gasteiger partial charge in [0.25, 0.3) is 5.91 Å². The molecule has 0 spiro atoms. The van der Waals surface area contributed by atoms with Gasteiger partial charge < -0.3 is 20.7 Å². The molecular formula is C18H24F3N7O2. The van der Waals surface area contributed by atoms with Crippen LogP contribution in [0.4, 0.5) is 24.9 Å². The summed E-state index contributed by atoms with van der Waals surface area (Å²) in [5.74, 6) is 0.656. The minimum absolute atomic E-state index is 0.0177. The zero-order chi connectivity index (χ0) is 21.7. The molecule has 0 aromatic carbocycles. The third kappa shape index (κ3) is 5.74. The summed E-state index contributed by atoms with van der Waals surface area (Å²) in [4.78, 5) is 20.7. The maximum atomic E-state index is 12.5. The van der Waals surface area contributed by atoms with E-state index in [1.54, 1.807) is 13.2 Å². The Labute approximate surface area is 171 Å². The highest BCUT2D eigenvalue weighted by Crippen LogP contribution is 2.29. The predicted octanol–water partition coefficient (Wildman–Crippen LogP) is 2.49. The van der Waals surface area contributed by atoms with Crippen LogP contribution in [0.1, 0.15) is 36.9 Å². The number of aryl methyl sites for hydroxylation is 1. The first-order valence-electron chi connectivity index (χ1n) is 9.57. The van der Waals surface area contributed by atoms with Crippen molar-refractivity contribution in [2.75, 3.05) is 24.3 Å². The highest BCUT2D eigenvalue weighted by molar-refractivity contribution is 5.77. The van der Waals surface area contributed by atoms with E-state index in [1.165, 1.54) is 0 Å². The van der Waals surface area contributed by atoms with Crippen molar-refractivity contribution in [3.8, 4) is 5.88 Å². The van der Waals surface area contributed by atoms with Gasteiger partial charge in [0, 0.05) is 37.0 Å². The van der Waals surface area contributed by atoms with Gasteiger partial charge in [-0.05, 0) is 32.6 Å². The average molecular weight is 427 g/mol. The lowest BCUT2D eigenvalue weighted by molar-refractivity contribution is -0.141. The van der Waals surface area contributed by atoms with Crippen LogP contribution in [0.2, 0.25) is 0 Å². The predicted molar refractivity (Wildman–Crippen MR) is 103 cm³/mol. The molecule has 0 saturated heterocycles. The first-order chi connectivity index (χ1) is 14.2. The number of aromatic nitrogens is 4. The first-order valence-corrected chi connectivity index (χ1v) is 9.57. The van der Waals surface area contributed by atoms with Gasteiger partial charge in [0.1, 0.15) is 11.5 Å². The molecule has 1 amide bonds. The Morgan fingerprint density at radius 1 is 1.27 bits per heavy atom. The molecule has 2 aromatic rings. The average Bonchev–Trinajstić information content (AvgIpc) is 3.19. The van der Waals surface area contributed by atoms with Gasteiger partial charge in [-0.15, -0.1) is 5.10 Å². The Morgan fingerprint density at radius 3 is 2.60 bits per heavy atom. The molecule has 1 saturated carbocycles. The molecule has 0 atom stereocenters. The van der Waals surface area contributed by atoms with Gasteiger partial charge in [-0.2, -0.15) is 18.2 Å². The number of amides is 1. The van der Waals surface area contributed by atoms with Crippen molar-refractivity contribution in [2.45, 2.75) is 50.9 Å². The molecule has 1 aliphatic carbocycles. The molecule has 2 aromatic heterocycles. The van der Waals surface area contributed by atoms with Crippen molar-refractivity contribution >= 4 is 17.7 Å². The van der Waals surface area contributed by atoms with E-state index in [0.717, 1.165) is 43.1 Å². The van der Waals surface area contributed by atoms with Crippen LogP contribution in [-0.4, -0.2) is 51.8 Å². The maximum Gasteiger partial charge on any atom is 0.432 e. The normalized spacial score (nSPS) is 19.2. The minimum atomic E-state index is -4.54. The van der Waals surface area contributed by atoms with Crippen molar-refractivity contribution < 1.29 is 22.7 Å². The van der Waals surface area contributed by atoms with Crippen LogP contribution in [-0.2, 0) is 11.0 Å². The number of hydrogen-bond donors (Lipinski definition) is 4. The number of ether oxygens (including phenoxy) is 1. The lowest BCUT2D eigenvalue weighted by Gasteiger charge is -2.29. The number of carbonyl (C=O) groups excluding carboxylic acids is 1. The van der Waals surface area contributed by atoms with E-state index in [4.69, 9.17) is 4.74 Å². The van der Waals surface area contributed by atoms with Gasteiger partial charge in [-0.3, -0.25) is 9.89 Å². The van der Waals surface area contributed by atoms with E-state index in [9.17, 15) is 18.0 Å². The van der Waals surface area contributed by atoms with Crippen molar-refractivity contribution in [1.29, 1.82) is 0 Å². The quantitative estimate of drug-likeness (QED) is 0.536. The molecule has 4 N–H and O–H groups in total. The molecule has 9 nitrogen and oxygen atoms in total. The smallest absolute Gasteiger partial charge is 0.432 e. The fourth-order valence-corrected chi connectivity index (χ4v) is 3.26. The number of hydrogen-bond acceptors (Lipinski definition) is 7. The van der Waals surface area contributed by atoms with Crippen LogP contribution >= 0.6 is 0 Å². The number of aromatic amines is 1. The maximum absolute atomic E-state index is 12.5. The van der Waals surface area contributed by atoms with Crippen LogP contribution in [0.3, 0.4) is 0 Å². The summed E-state index contributed by atoms with van der Waals surface area (Å²) in [7, 11) is 1.80. The number of nitrogens with one attached hydrogen (secondary N) is 4. The standard InChI is InChI=1S/C18H24F3N7O2/c1-10-8-23-17(26-16(10)22-2)25-12-5-3-11(4-6-12)24-14(29)9-30-15-7-13(27-28-15)18(19,20)21/h7-8,11-12H,3-6,9H2,1-2H3,(H,24,29)(H,27,28)(H2,22,23,25,26). The molecule has 0 bridgehead atoms. The molecular weight excluding hydrogens is 403 g/mol. The number of nitrogens with zero attached hydrogens (tertiary/aromatic N) is 3. The molecule has 1 fully saturated rings. The Kier molecular flexibility index (Phi) is 6.63. The number of alkyl halides is 3. The molecule has 164 valence electrons. The third-order valence-electron chi connectivity index (χ3n) is 4.84. The van der Waals surface area contributed by atoms with Crippen molar-refractivity contribution in [2.24, 2.45) is 0 Å². The second kappa shape index (κ2) is 9.18. The van der Waals surface area contributed by atoms with Gasteiger partial charge >= 0.3 is 6.18 Å². The summed E-state index contributed by atoms with van der Waals surface area (Å²) in [6.45, 7) is 1.53. The minimum Gasteiger partial charge on any atom is -0.467 e. The summed E-state index contributed by atoms with van der Waals surface area (Å²) in [6, 6.07) is 0.902. The van der Waals surface area contributed by atoms with Crippen LogP contribution in [0.15, 0.2) is 12.3 Å². The van der Waals surface area contributed by atoms with E-state index in [0.29, 0.717) is 5.95 Å². The van der Waals surface area contributed by atoms with Crippen molar-refractivity contribution in [1.82, 2.24) is 25.5 Å². The summed E-state index contributed by atoms with van der Waals surface area (Å²) in [5.41, 5.74) is -0.0655. The molecule has 3 rings (SSSR count). The third-order valence-corrected chi connectivity index (χ3v) is 4.84. The molecule has 30 heavy (non-hydrogen) atoms. The fraction of sp³-hybridized carbons (Fsp3) is 0.556. The summed E-state index contributed by atoms with van der Waals surface area (Å²) in [6.07, 6.45) is 0.383. The van der Waals surface area contributed by atoms with Gasteiger partial charge in [-0.25, -0.2) is 4.98 Å². The Balaban J connectivity index is 1.40. The topological polar surface area (TPSA) is 117 Å². The van der Waals surface area contributed by atoms with E-state index in [-0.39, 0.29) is 18.0 Å². The molecule has 0 aliphatic heterocycles. The van der Waals surface area contributed by atoms with Crippen molar-refractivity contribution in [3.63, 3.8) is 0 Å². The lowest BCUT2D eigenvalue weighted by atomic mass is 9.91. The Hall–Kier alpha value is -3.05. The number of carbonyl (C=O) groups is 1. The highest BCUT2D eigenvalue weighted by Gasteiger charge is 2.33. The SMILES string of the molecule is CNc1nc(NC2CCC(NC(=O)COc3cc(C(F)(F)F)[nH]n3)CC2)ncc1C. The fourth-order valence-electron chi connectivity index (χ4n) is 3.26. The van der Waals surface area contributed by atoms with Gasteiger partial charge in [0.15, 0.2) is 6.61 Å². The zero-order valence-corrected chi connectivity index (χ0v) is 16.6. The molecule has 0 unspecified atom stereocenters. The Bertz CT molecular complexity index is 864. The van der Waals surface area contributed by atoms with Crippen LogP contribution in [0, 0.1) is 6.92 Å². The van der Waals surface area contributed by atoms with E-state index in [2.05, 4.69) is 31.0 Å². The van der Waals surface area contributed by atoms with Gasteiger partial charge in [-0.1, -0.05) is 0 Å². The molecule has 0 radical (unpaired) electrons. The summed E-state index contributed by atoms with van der Waals surface area (Å²) in [5, 5.41) is 14.4. The number of H-pyrrole nitrogens is 1. The summed E-state index contributed by atoms with van der Waals surface area (Å²) < 4.78 is 42.6. The highest BCUT2D eigenvalue weighted by atomic mass is 19.4. The Morgan fingerprint density at radius 2 is 1.97 bits per heavy atom. The lowest BCUT2D eigenvalue weighted by Crippen LogP contribution is -2.42. The van der Waals surface area contributed by atoms with Crippen molar-refractivity contribution in [3.05, 3.63) is 23.5 Å². The monoisotopic (exact) mass is 427 g/mol. The van der Waals surface area contributed by atoms with Gasteiger partial charge in [0.05, 0.1) is 0 Å². The van der Waals surface area contributed by atoms with E-state index in [1.807, 2.05) is 12.0 Å². The molecule has 2 heterocycles. The second-order valence-corrected chi connectivity index (χ2v) is 7.14. The van der Waals surface area contributed by atoms with E-state index < -0.39 is 24.4 Å². The van der Waals surface area contributed by atoms with Crippen LogP contribution in [0.25, 0.3) is 0 Å². The molecule has 1 aliphatic rings. The van der Waals surface area contributed by atoms with Crippen LogP contribution in [0.5, 0.6) is 5.88 Å². The van der Waals surface area contributed by atoms with Gasteiger partial charge in [0.2, 0.25) is 11.8 Å².